The van der Waals surface area contributed by atoms with Gasteiger partial charge < -0.3 is 9.72 Å². The normalized spacial score (nSPS) is 10.1. The molecule has 0 aliphatic rings. The number of carbonyl (C=O) groups excluding carboxylic acids is 1. The van der Waals surface area contributed by atoms with E-state index in [1.54, 1.807) is 0 Å². The second-order valence-corrected chi connectivity index (χ2v) is 4.76. The monoisotopic (exact) mass is 251 g/mol. The van der Waals surface area contributed by atoms with Crippen molar-refractivity contribution in [2.45, 2.75) is 0 Å². The van der Waals surface area contributed by atoms with Gasteiger partial charge in [-0.25, -0.2) is 4.79 Å². The molecule has 0 aliphatic heterocycles. The topological polar surface area (TPSA) is 42.1 Å². The summed E-state index contributed by atoms with van der Waals surface area (Å²) < 4.78 is 5.27. The summed E-state index contributed by atoms with van der Waals surface area (Å²) in [7, 11) is 1.35. The highest BCUT2D eigenvalue weighted by Crippen LogP contribution is 2.28. The van der Waals surface area contributed by atoms with Crippen LogP contribution in [-0.4, -0.2) is 18.1 Å². The molecule has 0 amide bonds. The van der Waals surface area contributed by atoms with Crippen molar-refractivity contribution in [1.29, 1.82) is 0 Å². The Labute approximate surface area is 102 Å². The highest BCUT2D eigenvalue weighted by molar-refractivity contribution is 7.73. The second-order valence-electron chi connectivity index (χ2n) is 3.08. The fraction of sp³-hybridized carbons (Fsp3) is 0.0909. The summed E-state index contributed by atoms with van der Waals surface area (Å²) in [5.74, 6) is -0.397. The van der Waals surface area contributed by atoms with Gasteiger partial charge in [0.15, 0.2) is 3.95 Å². The van der Waals surface area contributed by atoms with Crippen LogP contribution in [0.25, 0.3) is 10.4 Å². The summed E-state index contributed by atoms with van der Waals surface area (Å²) in [5, 5.41) is 0. The number of rotatable bonds is 2. The van der Waals surface area contributed by atoms with Gasteiger partial charge in [0.25, 0.3) is 0 Å². The Bertz CT molecular complexity index is 557. The largest absolute Gasteiger partial charge is 0.464 e. The van der Waals surface area contributed by atoms with Crippen molar-refractivity contribution < 1.29 is 9.53 Å². The Morgan fingerprint density at radius 1 is 1.38 bits per heavy atom. The van der Waals surface area contributed by atoms with E-state index in [1.165, 1.54) is 18.4 Å². The standard InChI is InChI=1S/C11H9NO2S2/c1-14-10(13)8-9(16-11(15)12-8)7-5-3-2-4-6-7/h2-6H,1H3,(H,12,15). The minimum absolute atomic E-state index is 0.397. The molecule has 1 N–H and O–H groups in total. The first-order valence-electron chi connectivity index (χ1n) is 4.59. The number of hydrogen-bond donors (Lipinski definition) is 1. The maximum absolute atomic E-state index is 11.5. The minimum Gasteiger partial charge on any atom is -0.464 e. The number of methoxy groups -OCH3 is 1. The molecule has 82 valence electrons. The number of aromatic amines is 1. The average Bonchev–Trinajstić information content (AvgIpc) is 2.71. The Morgan fingerprint density at radius 2 is 2.06 bits per heavy atom. The number of benzene rings is 1. The lowest BCUT2D eigenvalue weighted by atomic mass is 10.1. The zero-order valence-electron chi connectivity index (χ0n) is 8.52. The number of ether oxygens (including phenoxy) is 1. The van der Waals surface area contributed by atoms with Crippen LogP contribution >= 0.6 is 23.6 Å². The fourth-order valence-electron chi connectivity index (χ4n) is 1.37. The van der Waals surface area contributed by atoms with Gasteiger partial charge in [0.05, 0.1) is 12.0 Å². The van der Waals surface area contributed by atoms with E-state index in [0.29, 0.717) is 9.65 Å². The minimum atomic E-state index is -0.397. The van der Waals surface area contributed by atoms with Gasteiger partial charge in [-0.15, -0.1) is 11.3 Å². The van der Waals surface area contributed by atoms with E-state index < -0.39 is 5.97 Å². The molecule has 0 saturated carbocycles. The lowest BCUT2D eigenvalue weighted by Gasteiger charge is -2.00. The Balaban J connectivity index is 2.57. The van der Waals surface area contributed by atoms with Gasteiger partial charge >= 0.3 is 5.97 Å². The van der Waals surface area contributed by atoms with Crippen LogP contribution in [0.15, 0.2) is 30.3 Å². The number of aromatic nitrogens is 1. The van der Waals surface area contributed by atoms with E-state index >= 15 is 0 Å². The van der Waals surface area contributed by atoms with Crippen molar-refractivity contribution in [2.75, 3.05) is 7.11 Å². The van der Waals surface area contributed by atoms with Gasteiger partial charge in [-0.3, -0.25) is 0 Å². The SMILES string of the molecule is COC(=O)c1[nH]c(=S)sc1-c1ccccc1. The fourth-order valence-corrected chi connectivity index (χ4v) is 2.55. The number of thiazole rings is 1. The van der Waals surface area contributed by atoms with Gasteiger partial charge in [-0.05, 0) is 17.8 Å². The maximum atomic E-state index is 11.5. The van der Waals surface area contributed by atoms with E-state index in [9.17, 15) is 4.79 Å². The third-order valence-corrected chi connectivity index (χ3v) is 3.36. The molecule has 0 bridgehead atoms. The lowest BCUT2D eigenvalue weighted by Crippen LogP contribution is -2.02. The van der Waals surface area contributed by atoms with Crippen LogP contribution in [0.2, 0.25) is 0 Å². The van der Waals surface area contributed by atoms with E-state index in [1.807, 2.05) is 30.3 Å². The van der Waals surface area contributed by atoms with E-state index in [2.05, 4.69) is 4.98 Å². The molecule has 0 radical (unpaired) electrons. The zero-order valence-corrected chi connectivity index (χ0v) is 10.2. The van der Waals surface area contributed by atoms with Crippen LogP contribution in [0.4, 0.5) is 0 Å². The van der Waals surface area contributed by atoms with E-state index in [4.69, 9.17) is 17.0 Å². The van der Waals surface area contributed by atoms with Crippen molar-refractivity contribution in [2.24, 2.45) is 0 Å². The zero-order chi connectivity index (χ0) is 11.5. The number of carbonyl (C=O) groups is 1. The molecule has 0 spiro atoms. The first kappa shape index (κ1) is 11.0. The van der Waals surface area contributed by atoms with Crippen molar-refractivity contribution in [3.05, 3.63) is 40.0 Å². The third kappa shape index (κ3) is 2.05. The molecule has 0 fully saturated rings. The summed E-state index contributed by atoms with van der Waals surface area (Å²) in [5.41, 5.74) is 1.38. The molecular weight excluding hydrogens is 242 g/mol. The quantitative estimate of drug-likeness (QED) is 0.658. The Morgan fingerprint density at radius 3 is 2.69 bits per heavy atom. The van der Waals surface area contributed by atoms with Crippen molar-refractivity contribution >= 4 is 29.5 Å². The molecule has 1 aromatic heterocycles. The average molecular weight is 251 g/mol. The molecule has 2 aromatic rings. The molecule has 3 nitrogen and oxygen atoms in total. The predicted molar refractivity (Wildman–Crippen MR) is 66.3 cm³/mol. The first-order valence-corrected chi connectivity index (χ1v) is 5.81. The van der Waals surface area contributed by atoms with Crippen molar-refractivity contribution in [3.63, 3.8) is 0 Å². The number of hydrogen-bond acceptors (Lipinski definition) is 4. The molecule has 1 heterocycles. The Hall–Kier alpha value is -1.46. The molecule has 0 atom stereocenters. The van der Waals surface area contributed by atoms with Crippen LogP contribution in [0.3, 0.4) is 0 Å². The first-order chi connectivity index (χ1) is 7.72. The molecule has 0 unspecified atom stereocenters. The molecule has 16 heavy (non-hydrogen) atoms. The molecule has 5 heteroatoms. The van der Waals surface area contributed by atoms with Crippen molar-refractivity contribution in [3.8, 4) is 10.4 Å². The number of H-pyrrole nitrogens is 1. The van der Waals surface area contributed by atoms with Gasteiger partial charge in [0.1, 0.15) is 5.69 Å². The summed E-state index contributed by atoms with van der Waals surface area (Å²) in [6, 6.07) is 9.62. The molecule has 0 aliphatic carbocycles. The van der Waals surface area contributed by atoms with E-state index in [0.717, 1.165) is 10.4 Å². The molecule has 1 aromatic carbocycles. The highest BCUT2D eigenvalue weighted by atomic mass is 32.1. The van der Waals surface area contributed by atoms with Crippen LogP contribution < -0.4 is 0 Å². The smallest absolute Gasteiger partial charge is 0.356 e. The van der Waals surface area contributed by atoms with E-state index in [-0.39, 0.29) is 0 Å². The summed E-state index contributed by atoms with van der Waals surface area (Å²) >= 11 is 6.41. The molecule has 2 rings (SSSR count). The number of nitrogens with one attached hydrogen (secondary N) is 1. The molecule has 0 saturated heterocycles. The maximum Gasteiger partial charge on any atom is 0.356 e. The summed E-state index contributed by atoms with van der Waals surface area (Å²) in [6.45, 7) is 0. The van der Waals surface area contributed by atoms with Crippen LogP contribution in [0, 0.1) is 3.95 Å². The summed E-state index contributed by atoms with van der Waals surface area (Å²) in [4.78, 5) is 15.2. The van der Waals surface area contributed by atoms with Gasteiger partial charge in [-0.2, -0.15) is 0 Å². The van der Waals surface area contributed by atoms with Crippen LogP contribution in [0.5, 0.6) is 0 Å². The van der Waals surface area contributed by atoms with Gasteiger partial charge in [0, 0.05) is 0 Å². The Kier molecular flexibility index (Phi) is 3.17. The lowest BCUT2D eigenvalue weighted by molar-refractivity contribution is 0.0595. The number of esters is 1. The van der Waals surface area contributed by atoms with Crippen LogP contribution in [0.1, 0.15) is 10.5 Å². The second kappa shape index (κ2) is 4.59. The molecular formula is C11H9NO2S2. The van der Waals surface area contributed by atoms with Gasteiger partial charge in [-0.1, -0.05) is 30.3 Å². The van der Waals surface area contributed by atoms with Crippen LogP contribution in [-0.2, 0) is 4.74 Å². The summed E-state index contributed by atoms with van der Waals surface area (Å²) in [6.07, 6.45) is 0. The highest BCUT2D eigenvalue weighted by Gasteiger charge is 2.16. The van der Waals surface area contributed by atoms with Gasteiger partial charge in [0.2, 0.25) is 0 Å². The third-order valence-electron chi connectivity index (χ3n) is 2.07. The predicted octanol–water partition coefficient (Wildman–Crippen LogP) is 3.26. The van der Waals surface area contributed by atoms with Crippen molar-refractivity contribution in [1.82, 2.24) is 4.98 Å².